The molecule has 2 rings (SSSR count). The van der Waals surface area contributed by atoms with Gasteiger partial charge in [0.25, 0.3) is 0 Å². The maximum absolute atomic E-state index is 13.6. The Labute approximate surface area is 89.7 Å². The van der Waals surface area contributed by atoms with E-state index in [1.165, 1.54) is 6.42 Å². The summed E-state index contributed by atoms with van der Waals surface area (Å²) in [5.74, 6) is 0.639. The van der Waals surface area contributed by atoms with Crippen molar-refractivity contribution in [3.63, 3.8) is 0 Å². The zero-order valence-electron chi connectivity index (χ0n) is 9.33. The van der Waals surface area contributed by atoms with Crippen LogP contribution in [0.5, 0.6) is 0 Å². The van der Waals surface area contributed by atoms with Crippen LogP contribution < -0.4 is 5.32 Å². The molecule has 0 aliphatic carbocycles. The van der Waals surface area contributed by atoms with Gasteiger partial charge in [0.15, 0.2) is 0 Å². The Hall–Kier alpha value is -0.900. The van der Waals surface area contributed by atoms with Gasteiger partial charge in [-0.2, -0.15) is 5.10 Å². The molecular weight excluding hydrogens is 193 g/mol. The summed E-state index contributed by atoms with van der Waals surface area (Å²) in [7, 11) is 0. The van der Waals surface area contributed by atoms with E-state index in [1.807, 2.05) is 10.9 Å². The smallest absolute Gasteiger partial charge is 0.133 e. The minimum Gasteiger partial charge on any atom is -0.316 e. The SMILES string of the molecule is CC(C)(F)c1cnn(CC2CCNC2)c1. The molecule has 1 aromatic heterocycles. The van der Waals surface area contributed by atoms with Gasteiger partial charge in [0.1, 0.15) is 5.67 Å². The van der Waals surface area contributed by atoms with Crippen molar-refractivity contribution in [2.24, 2.45) is 5.92 Å². The van der Waals surface area contributed by atoms with Crippen molar-refractivity contribution in [1.82, 2.24) is 15.1 Å². The zero-order chi connectivity index (χ0) is 10.9. The lowest BCUT2D eigenvalue weighted by molar-refractivity contribution is 0.221. The van der Waals surface area contributed by atoms with Gasteiger partial charge in [0.05, 0.1) is 6.20 Å². The van der Waals surface area contributed by atoms with Gasteiger partial charge in [-0.25, -0.2) is 4.39 Å². The molecule has 84 valence electrons. The van der Waals surface area contributed by atoms with Gasteiger partial charge in [-0.3, -0.25) is 4.68 Å². The lowest BCUT2D eigenvalue weighted by Crippen LogP contribution is -2.15. The van der Waals surface area contributed by atoms with Crippen LogP contribution in [0.15, 0.2) is 12.4 Å². The molecule has 3 nitrogen and oxygen atoms in total. The summed E-state index contributed by atoms with van der Waals surface area (Å²) >= 11 is 0. The lowest BCUT2D eigenvalue weighted by atomic mass is 10.1. The molecular formula is C11H18FN3. The first-order chi connectivity index (χ1) is 7.05. The van der Waals surface area contributed by atoms with Crippen LogP contribution >= 0.6 is 0 Å². The van der Waals surface area contributed by atoms with Crippen molar-refractivity contribution in [3.05, 3.63) is 18.0 Å². The molecule has 1 saturated heterocycles. The highest BCUT2D eigenvalue weighted by atomic mass is 19.1. The second-order valence-electron chi connectivity index (χ2n) is 4.78. The second kappa shape index (κ2) is 3.93. The predicted molar refractivity (Wildman–Crippen MR) is 57.3 cm³/mol. The van der Waals surface area contributed by atoms with Gasteiger partial charge in [0.2, 0.25) is 0 Å². The first kappa shape index (κ1) is 10.6. The van der Waals surface area contributed by atoms with Crippen molar-refractivity contribution in [2.75, 3.05) is 13.1 Å². The monoisotopic (exact) mass is 211 g/mol. The molecule has 2 heterocycles. The minimum absolute atomic E-state index is 0.639. The number of hydrogen-bond acceptors (Lipinski definition) is 2. The van der Waals surface area contributed by atoms with Gasteiger partial charge in [-0.1, -0.05) is 0 Å². The van der Waals surface area contributed by atoms with Crippen molar-refractivity contribution < 1.29 is 4.39 Å². The van der Waals surface area contributed by atoms with Crippen LogP contribution in [-0.4, -0.2) is 22.9 Å². The average molecular weight is 211 g/mol. The molecule has 1 fully saturated rings. The summed E-state index contributed by atoms with van der Waals surface area (Å²) in [5, 5.41) is 7.51. The molecule has 1 N–H and O–H groups in total. The number of nitrogens with one attached hydrogen (secondary N) is 1. The van der Waals surface area contributed by atoms with E-state index in [9.17, 15) is 4.39 Å². The van der Waals surface area contributed by atoms with Crippen molar-refractivity contribution >= 4 is 0 Å². The van der Waals surface area contributed by atoms with Crippen molar-refractivity contribution in [1.29, 1.82) is 0 Å². The minimum atomic E-state index is -1.29. The van der Waals surface area contributed by atoms with Crippen molar-refractivity contribution in [2.45, 2.75) is 32.5 Å². The van der Waals surface area contributed by atoms with Crippen LogP contribution in [-0.2, 0) is 12.2 Å². The Morgan fingerprint density at radius 3 is 3.00 bits per heavy atom. The predicted octanol–water partition coefficient (Wildman–Crippen LogP) is 1.70. The molecule has 1 aliphatic heterocycles. The second-order valence-corrected chi connectivity index (χ2v) is 4.78. The first-order valence-corrected chi connectivity index (χ1v) is 5.48. The molecule has 1 unspecified atom stereocenters. The Kier molecular flexibility index (Phi) is 2.78. The van der Waals surface area contributed by atoms with E-state index < -0.39 is 5.67 Å². The third-order valence-electron chi connectivity index (χ3n) is 2.93. The lowest BCUT2D eigenvalue weighted by Gasteiger charge is -2.11. The van der Waals surface area contributed by atoms with E-state index in [0.29, 0.717) is 11.5 Å². The van der Waals surface area contributed by atoms with Crippen LogP contribution in [0.1, 0.15) is 25.8 Å². The maximum Gasteiger partial charge on any atom is 0.133 e. The molecule has 0 amide bonds. The number of nitrogens with zero attached hydrogens (tertiary/aromatic N) is 2. The summed E-state index contributed by atoms with van der Waals surface area (Å²) < 4.78 is 15.4. The fraction of sp³-hybridized carbons (Fsp3) is 0.727. The fourth-order valence-corrected chi connectivity index (χ4v) is 1.91. The molecule has 1 aliphatic rings. The molecule has 0 saturated carbocycles. The van der Waals surface area contributed by atoms with Crippen LogP contribution in [0.2, 0.25) is 0 Å². The van der Waals surface area contributed by atoms with Gasteiger partial charge in [-0.05, 0) is 39.3 Å². The quantitative estimate of drug-likeness (QED) is 0.824. The van der Waals surface area contributed by atoms with E-state index >= 15 is 0 Å². The Morgan fingerprint density at radius 2 is 2.47 bits per heavy atom. The zero-order valence-corrected chi connectivity index (χ0v) is 9.33. The molecule has 15 heavy (non-hydrogen) atoms. The molecule has 0 bridgehead atoms. The summed E-state index contributed by atoms with van der Waals surface area (Å²) in [6, 6.07) is 0. The van der Waals surface area contributed by atoms with Gasteiger partial charge in [0, 0.05) is 18.3 Å². The van der Waals surface area contributed by atoms with E-state index in [2.05, 4.69) is 10.4 Å². The molecule has 1 atom stereocenters. The van der Waals surface area contributed by atoms with Crippen LogP contribution in [0.4, 0.5) is 4.39 Å². The summed E-state index contributed by atoms with van der Waals surface area (Å²) in [4.78, 5) is 0. The number of alkyl halides is 1. The van der Waals surface area contributed by atoms with Gasteiger partial charge in [-0.15, -0.1) is 0 Å². The third-order valence-corrected chi connectivity index (χ3v) is 2.93. The summed E-state index contributed by atoms with van der Waals surface area (Å²) in [6.45, 7) is 6.15. The first-order valence-electron chi connectivity index (χ1n) is 5.48. The summed E-state index contributed by atoms with van der Waals surface area (Å²) in [6.07, 6.45) is 4.63. The molecule has 0 radical (unpaired) electrons. The van der Waals surface area contributed by atoms with E-state index in [-0.39, 0.29) is 0 Å². The number of hydrogen-bond donors (Lipinski definition) is 1. The van der Waals surface area contributed by atoms with Gasteiger partial charge < -0.3 is 5.32 Å². The van der Waals surface area contributed by atoms with Crippen molar-refractivity contribution in [3.8, 4) is 0 Å². The molecule has 4 heteroatoms. The Bertz CT molecular complexity index is 321. The highest BCUT2D eigenvalue weighted by molar-refractivity contribution is 5.12. The maximum atomic E-state index is 13.6. The normalized spacial score (nSPS) is 22.2. The van der Waals surface area contributed by atoms with Crippen LogP contribution in [0.25, 0.3) is 0 Å². The van der Waals surface area contributed by atoms with E-state index in [4.69, 9.17) is 0 Å². The largest absolute Gasteiger partial charge is 0.316 e. The Morgan fingerprint density at radius 1 is 1.67 bits per heavy atom. The van der Waals surface area contributed by atoms with Gasteiger partial charge >= 0.3 is 0 Å². The highest BCUT2D eigenvalue weighted by Gasteiger charge is 2.21. The average Bonchev–Trinajstić information content (AvgIpc) is 2.73. The number of halogens is 1. The van der Waals surface area contributed by atoms with E-state index in [0.717, 1.165) is 19.6 Å². The fourth-order valence-electron chi connectivity index (χ4n) is 1.91. The van der Waals surface area contributed by atoms with E-state index in [1.54, 1.807) is 20.0 Å². The number of aromatic nitrogens is 2. The third kappa shape index (κ3) is 2.56. The molecule has 0 spiro atoms. The van der Waals surface area contributed by atoms with Crippen LogP contribution in [0, 0.1) is 5.92 Å². The Balaban J connectivity index is 2.00. The molecule has 0 aromatic carbocycles. The standard InChI is InChI=1S/C11H18FN3/c1-11(2,12)10-6-14-15(8-10)7-9-3-4-13-5-9/h6,8-9,13H,3-5,7H2,1-2H3. The topological polar surface area (TPSA) is 29.9 Å². The summed E-state index contributed by atoms with van der Waals surface area (Å²) in [5.41, 5.74) is -0.625. The number of rotatable bonds is 3. The molecule has 1 aromatic rings. The van der Waals surface area contributed by atoms with Crippen LogP contribution in [0.3, 0.4) is 0 Å². The highest BCUT2D eigenvalue weighted by Crippen LogP contribution is 2.23.